The van der Waals surface area contributed by atoms with E-state index in [9.17, 15) is 0 Å². The zero-order chi connectivity index (χ0) is 15.6. The lowest BCUT2D eigenvalue weighted by Gasteiger charge is -2.03. The maximum atomic E-state index is 5.78. The Morgan fingerprint density at radius 1 is 1.26 bits per heavy atom. The van der Waals surface area contributed by atoms with Crippen molar-refractivity contribution in [2.45, 2.75) is 13.3 Å². The highest BCUT2D eigenvalue weighted by molar-refractivity contribution is 7.09. The lowest BCUT2D eigenvalue weighted by Crippen LogP contribution is -2.20. The highest BCUT2D eigenvalue weighted by atomic mass is 32.1. The number of aryl methyl sites for hydroxylation is 1. The summed E-state index contributed by atoms with van der Waals surface area (Å²) in [7, 11) is 0. The van der Waals surface area contributed by atoms with Gasteiger partial charge in [-0.2, -0.15) is 4.98 Å². The third kappa shape index (κ3) is 2.96. The molecule has 4 rings (SSSR count). The lowest BCUT2D eigenvalue weighted by atomic mass is 10.1. The molecule has 1 aliphatic rings. The molecule has 1 N–H and O–H groups in total. The summed E-state index contributed by atoms with van der Waals surface area (Å²) in [5.74, 6) is 0. The molecular weight excluding hydrogens is 306 g/mol. The number of aromatic nitrogens is 2. The number of anilines is 2. The number of hydrogen-bond donors (Lipinski definition) is 1. The first-order valence-electron chi connectivity index (χ1n) is 7.41. The Bertz CT molecular complexity index is 997. The number of allylic oxidation sites excluding steroid dienone is 2. The van der Waals surface area contributed by atoms with Crippen LogP contribution in [0, 0.1) is 6.92 Å². The number of hydrogen-bond acceptors (Lipinski definition) is 5. The molecular formula is C18H15N3OS. The molecule has 0 saturated carbocycles. The first kappa shape index (κ1) is 14.0. The molecule has 5 heteroatoms. The number of nitrogens with one attached hydrogen (secondary N) is 1. The summed E-state index contributed by atoms with van der Waals surface area (Å²) in [6.07, 6.45) is 8.92. The Morgan fingerprint density at radius 3 is 3.09 bits per heavy atom. The summed E-state index contributed by atoms with van der Waals surface area (Å²) in [5.41, 5.74) is 3.81. The first-order chi connectivity index (χ1) is 11.3. The van der Waals surface area contributed by atoms with Crippen LogP contribution in [0.15, 0.2) is 46.2 Å². The molecule has 1 aliphatic carbocycles. The van der Waals surface area contributed by atoms with Crippen LogP contribution >= 0.6 is 11.3 Å². The maximum absolute atomic E-state index is 5.78. The van der Waals surface area contributed by atoms with Crippen LogP contribution in [0.4, 0.5) is 11.7 Å². The number of oxazole rings is 1. The van der Waals surface area contributed by atoms with Crippen molar-refractivity contribution in [2.75, 3.05) is 5.32 Å². The minimum Gasteiger partial charge on any atom is -0.424 e. The predicted octanol–water partition coefficient (Wildman–Crippen LogP) is 3.37. The zero-order valence-electron chi connectivity index (χ0n) is 12.6. The second-order valence-electron chi connectivity index (χ2n) is 5.26. The van der Waals surface area contributed by atoms with Gasteiger partial charge in [0, 0.05) is 16.6 Å². The van der Waals surface area contributed by atoms with E-state index in [2.05, 4.69) is 38.9 Å². The van der Waals surface area contributed by atoms with E-state index in [-0.39, 0.29) is 0 Å². The van der Waals surface area contributed by atoms with Crippen LogP contribution in [0.5, 0.6) is 0 Å². The standard InChI is InChI=1S/C18H15N3OS/c1-12-19-16(11-23-12)13-6-5-7-14(10-13)20-18-21-15-8-3-2-4-9-17(15)22-18/h2-3,5-11H,4H2,1H3,(H,20,21). The smallest absolute Gasteiger partial charge is 0.300 e. The van der Waals surface area contributed by atoms with E-state index >= 15 is 0 Å². The average molecular weight is 321 g/mol. The number of thiazole rings is 1. The second-order valence-corrected chi connectivity index (χ2v) is 6.32. The van der Waals surface area contributed by atoms with Crippen LogP contribution in [-0.2, 0) is 0 Å². The first-order valence-corrected chi connectivity index (χ1v) is 8.29. The quantitative estimate of drug-likeness (QED) is 0.803. The average Bonchev–Trinajstić information content (AvgIpc) is 3.08. The Kier molecular flexibility index (Phi) is 3.55. The van der Waals surface area contributed by atoms with Gasteiger partial charge in [0.05, 0.1) is 10.7 Å². The van der Waals surface area contributed by atoms with Crippen LogP contribution in [0.2, 0.25) is 0 Å². The molecule has 2 aromatic heterocycles. The number of rotatable bonds is 3. The molecule has 114 valence electrons. The molecule has 0 fully saturated rings. The van der Waals surface area contributed by atoms with Gasteiger partial charge in [-0.05, 0) is 37.6 Å². The Hall–Kier alpha value is -2.66. The minimum absolute atomic E-state index is 0.504. The van der Waals surface area contributed by atoms with Crippen molar-refractivity contribution in [3.8, 4) is 11.3 Å². The van der Waals surface area contributed by atoms with Gasteiger partial charge >= 0.3 is 0 Å². The van der Waals surface area contributed by atoms with E-state index < -0.39 is 0 Å². The van der Waals surface area contributed by atoms with E-state index in [1.807, 2.05) is 37.3 Å². The molecule has 0 spiro atoms. The molecule has 23 heavy (non-hydrogen) atoms. The summed E-state index contributed by atoms with van der Waals surface area (Å²) >= 11 is 1.65. The van der Waals surface area contributed by atoms with Crippen molar-refractivity contribution in [3.63, 3.8) is 0 Å². The van der Waals surface area contributed by atoms with Crippen molar-refractivity contribution in [3.05, 3.63) is 57.6 Å². The third-order valence-corrected chi connectivity index (χ3v) is 4.31. The monoisotopic (exact) mass is 321 g/mol. The van der Waals surface area contributed by atoms with Crippen LogP contribution < -0.4 is 16.1 Å². The van der Waals surface area contributed by atoms with Crippen molar-refractivity contribution in [1.29, 1.82) is 0 Å². The van der Waals surface area contributed by atoms with Gasteiger partial charge in [-0.25, -0.2) is 4.98 Å². The third-order valence-electron chi connectivity index (χ3n) is 3.54. The van der Waals surface area contributed by atoms with Crippen LogP contribution in [0.25, 0.3) is 23.4 Å². The van der Waals surface area contributed by atoms with Gasteiger partial charge in [-0.3, -0.25) is 0 Å². The summed E-state index contributed by atoms with van der Waals surface area (Å²) in [6.45, 7) is 2.01. The van der Waals surface area contributed by atoms with Gasteiger partial charge < -0.3 is 9.73 Å². The molecule has 0 aliphatic heterocycles. The van der Waals surface area contributed by atoms with Crippen LogP contribution in [0.3, 0.4) is 0 Å². The van der Waals surface area contributed by atoms with Crippen LogP contribution in [-0.4, -0.2) is 9.97 Å². The number of benzene rings is 1. The van der Waals surface area contributed by atoms with E-state index in [4.69, 9.17) is 4.42 Å². The Balaban J connectivity index is 1.65. The normalized spacial score (nSPS) is 12.9. The molecule has 0 atom stereocenters. The van der Waals surface area contributed by atoms with Crippen molar-refractivity contribution in [1.82, 2.24) is 9.97 Å². The molecule has 0 saturated heterocycles. The molecule has 0 amide bonds. The Morgan fingerprint density at radius 2 is 2.22 bits per heavy atom. The van der Waals surface area contributed by atoms with E-state index in [1.165, 1.54) is 0 Å². The second kappa shape index (κ2) is 5.85. The fourth-order valence-corrected chi connectivity index (χ4v) is 3.07. The van der Waals surface area contributed by atoms with Gasteiger partial charge in [0.25, 0.3) is 6.01 Å². The van der Waals surface area contributed by atoms with Gasteiger partial charge in [0.2, 0.25) is 0 Å². The van der Waals surface area contributed by atoms with Gasteiger partial charge in [-0.15, -0.1) is 11.3 Å². The fraction of sp³-hybridized carbons (Fsp3) is 0.111. The summed E-state index contributed by atoms with van der Waals surface area (Å²) in [6, 6.07) is 8.60. The van der Waals surface area contributed by atoms with E-state index in [1.54, 1.807) is 11.3 Å². The summed E-state index contributed by atoms with van der Waals surface area (Å²) < 4.78 is 5.78. The van der Waals surface area contributed by atoms with Gasteiger partial charge in [0.1, 0.15) is 5.35 Å². The molecule has 0 radical (unpaired) electrons. The lowest BCUT2D eigenvalue weighted by molar-refractivity contribution is 0.542. The minimum atomic E-state index is 0.504. The predicted molar refractivity (Wildman–Crippen MR) is 94.0 cm³/mol. The number of fused-ring (bicyclic) bond motifs is 1. The van der Waals surface area contributed by atoms with E-state index in [0.29, 0.717) is 6.01 Å². The molecule has 0 bridgehead atoms. The van der Waals surface area contributed by atoms with Crippen LogP contribution in [0.1, 0.15) is 11.4 Å². The van der Waals surface area contributed by atoms with Gasteiger partial charge in [-0.1, -0.05) is 24.3 Å². The largest absolute Gasteiger partial charge is 0.424 e. The molecule has 4 nitrogen and oxygen atoms in total. The summed E-state index contributed by atoms with van der Waals surface area (Å²) in [4.78, 5) is 9.01. The molecule has 0 unspecified atom stereocenters. The highest BCUT2D eigenvalue weighted by Crippen LogP contribution is 2.25. The Labute approximate surface area is 137 Å². The summed E-state index contributed by atoms with van der Waals surface area (Å²) in [5, 5.41) is 7.22. The van der Waals surface area contributed by atoms with Gasteiger partial charge in [0.15, 0.2) is 5.42 Å². The van der Waals surface area contributed by atoms with Crippen molar-refractivity contribution >= 4 is 35.2 Å². The van der Waals surface area contributed by atoms with Crippen molar-refractivity contribution < 1.29 is 4.42 Å². The number of nitrogens with zero attached hydrogens (tertiary/aromatic N) is 2. The highest BCUT2D eigenvalue weighted by Gasteiger charge is 2.06. The zero-order valence-corrected chi connectivity index (χ0v) is 13.4. The SMILES string of the molecule is Cc1nc(-c2cccc(Nc3nc4c(o3)=CCC=CC=4)c2)cs1. The topological polar surface area (TPSA) is 51.0 Å². The van der Waals surface area contributed by atoms with Crippen molar-refractivity contribution in [2.24, 2.45) is 0 Å². The van der Waals surface area contributed by atoms with E-state index in [0.717, 1.165) is 39.1 Å². The molecule has 3 aromatic rings. The molecule has 1 aromatic carbocycles. The molecule has 2 heterocycles. The fourth-order valence-electron chi connectivity index (χ4n) is 2.45. The maximum Gasteiger partial charge on any atom is 0.300 e.